The summed E-state index contributed by atoms with van der Waals surface area (Å²) in [5.74, 6) is 1.17. The van der Waals surface area contributed by atoms with Crippen molar-refractivity contribution >= 4 is 27.3 Å². The van der Waals surface area contributed by atoms with Crippen LogP contribution in [0.25, 0.3) is 0 Å². The Morgan fingerprint density at radius 3 is 2.43 bits per heavy atom. The molecule has 1 heterocycles. The molecule has 1 aliphatic heterocycles. The molecule has 0 aromatic heterocycles. The summed E-state index contributed by atoms with van der Waals surface area (Å²) in [6.07, 6.45) is 4.93. The summed E-state index contributed by atoms with van der Waals surface area (Å²) in [7, 11) is -0.691. The molecule has 4 rings (SSSR count). The average Bonchev–Trinajstić information content (AvgIpc) is 3.27. The maximum Gasteiger partial charge on any atom is 0.262 e. The highest BCUT2D eigenvalue weighted by Gasteiger charge is 2.32. The minimum atomic E-state index is -3.82. The number of likely N-dealkylation sites (tertiary alicyclic amines) is 1. The first-order chi connectivity index (χ1) is 14.4. The zero-order chi connectivity index (χ0) is 21.3. The Morgan fingerprint density at radius 2 is 1.73 bits per heavy atom. The monoisotopic (exact) mass is 450 g/mol. The van der Waals surface area contributed by atoms with E-state index in [0.29, 0.717) is 33.8 Å². The maximum absolute atomic E-state index is 13.3. The van der Waals surface area contributed by atoms with Gasteiger partial charge in [-0.05, 0) is 81.1 Å². The van der Waals surface area contributed by atoms with E-state index in [9.17, 15) is 8.42 Å². The second-order valence-corrected chi connectivity index (χ2v) is 9.90. The molecule has 1 fully saturated rings. The molecule has 1 N–H and O–H groups in total. The normalized spacial score (nSPS) is 19.4. The van der Waals surface area contributed by atoms with E-state index in [1.165, 1.54) is 20.0 Å². The number of fused-ring (bicyclic) bond motifs is 1. The number of benzene rings is 2. The summed E-state index contributed by atoms with van der Waals surface area (Å²) in [6.45, 7) is 2.24. The quantitative estimate of drug-likeness (QED) is 0.717. The molecule has 162 valence electrons. The lowest BCUT2D eigenvalue weighted by molar-refractivity contribution is 0.219. The van der Waals surface area contributed by atoms with Crippen LogP contribution in [0.1, 0.15) is 30.4 Å². The highest BCUT2D eigenvalue weighted by atomic mass is 35.5. The zero-order valence-corrected chi connectivity index (χ0v) is 18.9. The van der Waals surface area contributed by atoms with Gasteiger partial charge in [0.25, 0.3) is 10.0 Å². The molecule has 0 radical (unpaired) electrons. The van der Waals surface area contributed by atoms with Crippen molar-refractivity contribution in [3.05, 3.63) is 46.5 Å². The summed E-state index contributed by atoms with van der Waals surface area (Å²) in [4.78, 5) is 2.82. The Morgan fingerprint density at radius 1 is 1.03 bits per heavy atom. The summed E-state index contributed by atoms with van der Waals surface area (Å²) in [5.41, 5.74) is 2.17. The van der Waals surface area contributed by atoms with E-state index in [1.807, 2.05) is 0 Å². The fourth-order valence-electron chi connectivity index (χ4n) is 4.62. The van der Waals surface area contributed by atoms with Gasteiger partial charge in [-0.1, -0.05) is 11.6 Å². The highest BCUT2D eigenvalue weighted by molar-refractivity contribution is 7.92. The Balaban J connectivity index is 1.70. The molecule has 6 nitrogen and oxygen atoms in total. The van der Waals surface area contributed by atoms with Crippen LogP contribution in [0.2, 0.25) is 5.02 Å². The van der Waals surface area contributed by atoms with Crippen LogP contribution in [-0.2, 0) is 22.9 Å². The van der Waals surface area contributed by atoms with Gasteiger partial charge in [0.15, 0.2) is 0 Å². The lowest BCUT2D eigenvalue weighted by atomic mass is 9.87. The van der Waals surface area contributed by atoms with Gasteiger partial charge in [0.05, 0.1) is 24.8 Å². The number of anilines is 1. The molecule has 2 aromatic rings. The van der Waals surface area contributed by atoms with E-state index in [4.69, 9.17) is 21.1 Å². The van der Waals surface area contributed by atoms with Crippen molar-refractivity contribution in [2.75, 3.05) is 32.0 Å². The van der Waals surface area contributed by atoms with Gasteiger partial charge in [0.1, 0.15) is 11.5 Å². The second-order valence-electron chi connectivity index (χ2n) is 7.81. The van der Waals surface area contributed by atoms with Crippen molar-refractivity contribution in [1.29, 1.82) is 0 Å². The average molecular weight is 451 g/mol. The first kappa shape index (κ1) is 21.3. The van der Waals surface area contributed by atoms with Gasteiger partial charge in [-0.25, -0.2) is 8.42 Å². The van der Waals surface area contributed by atoms with Crippen LogP contribution in [0.5, 0.6) is 11.5 Å². The van der Waals surface area contributed by atoms with Gasteiger partial charge in [0, 0.05) is 16.6 Å². The van der Waals surface area contributed by atoms with Crippen LogP contribution in [-0.4, -0.2) is 46.7 Å². The van der Waals surface area contributed by atoms with Gasteiger partial charge in [0.2, 0.25) is 0 Å². The van der Waals surface area contributed by atoms with Crippen LogP contribution in [0, 0.1) is 0 Å². The molecule has 1 atom stereocenters. The van der Waals surface area contributed by atoms with E-state index in [2.05, 4.69) is 9.62 Å². The molecule has 1 saturated heterocycles. The minimum Gasteiger partial charge on any atom is -0.496 e. The largest absolute Gasteiger partial charge is 0.496 e. The Labute approximate surface area is 183 Å². The number of ether oxygens (including phenoxy) is 2. The standard InChI is InChI=1S/C22H27ClN2O4S/c1-28-20-9-10-22(17-7-6-16(14-18(17)20)25-11-3-4-12-25)30(26,27)24-19-13-15(23)5-8-21(19)29-2/h5,8-10,13,16,24H,3-4,6-7,11-12,14H2,1-2H3. The molecule has 0 amide bonds. The first-order valence-corrected chi connectivity index (χ1v) is 12.1. The summed E-state index contributed by atoms with van der Waals surface area (Å²) >= 11 is 6.07. The molecule has 0 saturated carbocycles. The number of methoxy groups -OCH3 is 2. The fraction of sp³-hybridized carbons (Fsp3) is 0.455. The predicted molar refractivity (Wildman–Crippen MR) is 118 cm³/mol. The molecule has 8 heteroatoms. The van der Waals surface area contributed by atoms with Gasteiger partial charge < -0.3 is 14.4 Å². The van der Waals surface area contributed by atoms with Crippen LogP contribution < -0.4 is 14.2 Å². The van der Waals surface area contributed by atoms with E-state index in [1.54, 1.807) is 37.4 Å². The molecular weight excluding hydrogens is 424 g/mol. The number of rotatable bonds is 6. The molecule has 2 aliphatic rings. The third-order valence-corrected chi connectivity index (χ3v) is 7.77. The van der Waals surface area contributed by atoms with Gasteiger partial charge in [-0.3, -0.25) is 4.72 Å². The molecular formula is C22H27ClN2O4S. The fourth-order valence-corrected chi connectivity index (χ4v) is 6.15. The van der Waals surface area contributed by atoms with Crippen molar-refractivity contribution in [3.63, 3.8) is 0 Å². The lowest BCUT2D eigenvalue weighted by Crippen LogP contribution is -2.37. The minimum absolute atomic E-state index is 0.292. The number of nitrogens with zero attached hydrogens (tertiary/aromatic N) is 1. The SMILES string of the molecule is COc1ccc(Cl)cc1NS(=O)(=O)c1ccc(OC)c2c1CCC(N1CCCC1)C2. The third kappa shape index (κ3) is 4.11. The summed E-state index contributed by atoms with van der Waals surface area (Å²) in [6, 6.07) is 8.68. The van der Waals surface area contributed by atoms with E-state index >= 15 is 0 Å². The summed E-state index contributed by atoms with van der Waals surface area (Å²) < 4.78 is 40.2. The van der Waals surface area contributed by atoms with Gasteiger partial charge in [-0.15, -0.1) is 0 Å². The third-order valence-electron chi connectivity index (χ3n) is 6.08. The molecule has 0 spiro atoms. The smallest absolute Gasteiger partial charge is 0.262 e. The first-order valence-electron chi connectivity index (χ1n) is 10.2. The molecule has 1 aliphatic carbocycles. The van der Waals surface area contributed by atoms with Crippen molar-refractivity contribution in [1.82, 2.24) is 4.90 Å². The molecule has 0 bridgehead atoms. The Bertz CT molecular complexity index is 1040. The number of halogens is 1. The Hall–Kier alpha value is -1.96. The van der Waals surface area contributed by atoms with Crippen molar-refractivity contribution in [2.24, 2.45) is 0 Å². The molecule has 30 heavy (non-hydrogen) atoms. The predicted octanol–water partition coefficient (Wildman–Crippen LogP) is 4.11. The Kier molecular flexibility index (Phi) is 6.14. The van der Waals surface area contributed by atoms with Crippen LogP contribution in [0.4, 0.5) is 5.69 Å². The van der Waals surface area contributed by atoms with Gasteiger partial charge in [-0.2, -0.15) is 0 Å². The van der Waals surface area contributed by atoms with Gasteiger partial charge >= 0.3 is 0 Å². The molecule has 1 unspecified atom stereocenters. The number of hydrogen-bond donors (Lipinski definition) is 1. The molecule has 2 aromatic carbocycles. The van der Waals surface area contributed by atoms with E-state index in [0.717, 1.165) is 42.8 Å². The van der Waals surface area contributed by atoms with Crippen molar-refractivity contribution in [2.45, 2.75) is 43.0 Å². The summed E-state index contributed by atoms with van der Waals surface area (Å²) in [5, 5.41) is 0.429. The zero-order valence-electron chi connectivity index (χ0n) is 17.3. The lowest BCUT2D eigenvalue weighted by Gasteiger charge is -2.33. The maximum atomic E-state index is 13.3. The van der Waals surface area contributed by atoms with Crippen LogP contribution in [0.3, 0.4) is 0 Å². The number of hydrogen-bond acceptors (Lipinski definition) is 5. The highest BCUT2D eigenvalue weighted by Crippen LogP contribution is 2.38. The van der Waals surface area contributed by atoms with E-state index in [-0.39, 0.29) is 0 Å². The van der Waals surface area contributed by atoms with Crippen LogP contribution in [0.15, 0.2) is 35.2 Å². The van der Waals surface area contributed by atoms with E-state index < -0.39 is 10.0 Å². The number of sulfonamides is 1. The van der Waals surface area contributed by atoms with Crippen LogP contribution >= 0.6 is 11.6 Å². The topological polar surface area (TPSA) is 67.9 Å². The van der Waals surface area contributed by atoms with Crippen molar-refractivity contribution in [3.8, 4) is 11.5 Å². The van der Waals surface area contributed by atoms with Crippen molar-refractivity contribution < 1.29 is 17.9 Å². The second kappa shape index (κ2) is 8.65. The number of nitrogens with one attached hydrogen (secondary N) is 1.